The fourth-order valence-electron chi connectivity index (χ4n) is 0.204. The molecule has 0 aromatic heterocycles. The topological polar surface area (TPSA) is 49.7 Å². The monoisotopic (exact) mass is 192 g/mol. The molecule has 3 heteroatoms. The van der Waals surface area contributed by atoms with Crippen LogP contribution in [0, 0.1) is 0 Å². The van der Waals surface area contributed by atoms with Crippen LogP contribution in [-0.2, 0) is 4.74 Å². The molecule has 0 saturated carbocycles. The summed E-state index contributed by atoms with van der Waals surface area (Å²) in [5, 5.41) is 15.2. The van der Waals surface area contributed by atoms with Crippen molar-refractivity contribution in [1.29, 1.82) is 0 Å². The third kappa shape index (κ3) is 157. The lowest BCUT2D eigenvalue weighted by Crippen LogP contribution is -1.85. The Balaban J connectivity index is -0.000000117. The fourth-order valence-corrected chi connectivity index (χ4v) is 0.204. The van der Waals surface area contributed by atoms with E-state index in [0.29, 0.717) is 0 Å². The summed E-state index contributed by atoms with van der Waals surface area (Å²) < 4.78 is 4.83. The van der Waals surface area contributed by atoms with Crippen molar-refractivity contribution in [1.82, 2.24) is 0 Å². The van der Waals surface area contributed by atoms with Crippen LogP contribution in [0.3, 0.4) is 0 Å². The standard InChI is InChI=1S/C4H10O.C4H8.C2H6O2/c1-3-5-4-2;1-4(2)3;3-1-2-4/h3-4H2,1-2H3;1H2,2-3H3;3-4H,1-2H2. The molecule has 0 unspecified atom stereocenters. The SMILES string of the molecule is C=C(C)C.CCOCC.OCCO. The Morgan fingerprint density at radius 1 is 1.08 bits per heavy atom. The van der Waals surface area contributed by atoms with Gasteiger partial charge in [0.15, 0.2) is 0 Å². The third-order valence-electron chi connectivity index (χ3n) is 0.508. The van der Waals surface area contributed by atoms with Crippen LogP contribution < -0.4 is 0 Å². The van der Waals surface area contributed by atoms with E-state index in [9.17, 15) is 0 Å². The summed E-state index contributed by atoms with van der Waals surface area (Å²) in [7, 11) is 0. The number of rotatable bonds is 3. The molecule has 0 aliphatic rings. The molecule has 0 rings (SSSR count). The number of hydrogen-bond donors (Lipinski definition) is 2. The Morgan fingerprint density at radius 2 is 1.31 bits per heavy atom. The van der Waals surface area contributed by atoms with Crippen molar-refractivity contribution in [2.45, 2.75) is 27.7 Å². The van der Waals surface area contributed by atoms with Crippen LogP contribution >= 0.6 is 0 Å². The van der Waals surface area contributed by atoms with E-state index in [1.54, 1.807) is 0 Å². The summed E-state index contributed by atoms with van der Waals surface area (Å²) in [5.74, 6) is 0. The lowest BCUT2D eigenvalue weighted by Gasteiger charge is -1.86. The fraction of sp³-hybridized carbons (Fsp3) is 0.800. The minimum atomic E-state index is -0.125. The molecular weight excluding hydrogens is 168 g/mol. The lowest BCUT2D eigenvalue weighted by atomic mass is 10.4. The first kappa shape index (κ1) is 18.4. The summed E-state index contributed by atoms with van der Waals surface area (Å²) >= 11 is 0. The minimum Gasteiger partial charge on any atom is -0.394 e. The third-order valence-corrected chi connectivity index (χ3v) is 0.508. The van der Waals surface area contributed by atoms with Gasteiger partial charge in [0.2, 0.25) is 0 Å². The van der Waals surface area contributed by atoms with Gasteiger partial charge in [0.25, 0.3) is 0 Å². The van der Waals surface area contributed by atoms with E-state index in [4.69, 9.17) is 14.9 Å². The quantitative estimate of drug-likeness (QED) is 0.668. The van der Waals surface area contributed by atoms with Crippen molar-refractivity contribution in [3.8, 4) is 0 Å². The number of aliphatic hydroxyl groups excluding tert-OH is 2. The Bertz CT molecular complexity index is 74.2. The Kier molecular flexibility index (Phi) is 32.0. The molecular formula is C10H24O3. The first-order valence-electron chi connectivity index (χ1n) is 4.48. The number of hydrogen-bond acceptors (Lipinski definition) is 3. The molecule has 0 atom stereocenters. The van der Waals surface area contributed by atoms with Crippen LogP contribution in [0.15, 0.2) is 12.2 Å². The molecule has 0 aromatic carbocycles. The van der Waals surface area contributed by atoms with Gasteiger partial charge in [0.1, 0.15) is 0 Å². The second-order valence-corrected chi connectivity index (χ2v) is 2.44. The van der Waals surface area contributed by atoms with Gasteiger partial charge in [0, 0.05) is 13.2 Å². The highest BCUT2D eigenvalue weighted by molar-refractivity contribution is 4.78. The summed E-state index contributed by atoms with van der Waals surface area (Å²) in [6, 6.07) is 0. The van der Waals surface area contributed by atoms with Crippen LogP contribution in [0.25, 0.3) is 0 Å². The average molecular weight is 192 g/mol. The molecule has 0 fully saturated rings. The summed E-state index contributed by atoms with van der Waals surface area (Å²) in [6.45, 7) is 12.9. The maximum atomic E-state index is 7.62. The van der Waals surface area contributed by atoms with Crippen LogP contribution in [-0.4, -0.2) is 36.6 Å². The number of allylic oxidation sites excluding steroid dienone is 1. The average Bonchev–Trinajstić information content (AvgIpc) is 2.05. The van der Waals surface area contributed by atoms with Crippen LogP contribution in [0.4, 0.5) is 0 Å². The molecule has 13 heavy (non-hydrogen) atoms. The number of aliphatic hydroxyl groups is 2. The zero-order valence-corrected chi connectivity index (χ0v) is 9.34. The van der Waals surface area contributed by atoms with Crippen LogP contribution in [0.1, 0.15) is 27.7 Å². The van der Waals surface area contributed by atoms with Gasteiger partial charge in [-0.15, -0.1) is 6.58 Å². The molecule has 2 N–H and O–H groups in total. The predicted molar refractivity (Wildman–Crippen MR) is 56.8 cm³/mol. The van der Waals surface area contributed by atoms with E-state index in [1.165, 1.54) is 5.57 Å². The minimum absolute atomic E-state index is 0.125. The van der Waals surface area contributed by atoms with Crippen molar-refractivity contribution in [3.63, 3.8) is 0 Å². The largest absolute Gasteiger partial charge is 0.394 e. The van der Waals surface area contributed by atoms with Gasteiger partial charge in [-0.2, -0.15) is 0 Å². The highest BCUT2D eigenvalue weighted by Gasteiger charge is 1.64. The maximum Gasteiger partial charge on any atom is 0.0662 e. The summed E-state index contributed by atoms with van der Waals surface area (Å²) in [4.78, 5) is 0. The molecule has 82 valence electrons. The summed E-state index contributed by atoms with van der Waals surface area (Å²) in [6.07, 6.45) is 0. The van der Waals surface area contributed by atoms with Gasteiger partial charge in [-0.1, -0.05) is 5.57 Å². The van der Waals surface area contributed by atoms with Gasteiger partial charge in [0.05, 0.1) is 13.2 Å². The zero-order valence-electron chi connectivity index (χ0n) is 9.34. The van der Waals surface area contributed by atoms with Crippen molar-refractivity contribution >= 4 is 0 Å². The van der Waals surface area contributed by atoms with E-state index in [1.807, 2.05) is 27.7 Å². The molecule has 0 aromatic rings. The van der Waals surface area contributed by atoms with Gasteiger partial charge >= 0.3 is 0 Å². The molecule has 3 nitrogen and oxygen atoms in total. The lowest BCUT2D eigenvalue weighted by molar-refractivity contribution is 0.162. The van der Waals surface area contributed by atoms with Gasteiger partial charge < -0.3 is 14.9 Å². The highest BCUT2D eigenvalue weighted by atomic mass is 16.5. The molecule has 0 aliphatic heterocycles. The molecule has 0 amide bonds. The molecule has 0 aliphatic carbocycles. The molecule has 0 bridgehead atoms. The second-order valence-electron chi connectivity index (χ2n) is 2.44. The van der Waals surface area contributed by atoms with Gasteiger partial charge in [-0.25, -0.2) is 0 Å². The molecule has 0 saturated heterocycles. The van der Waals surface area contributed by atoms with E-state index in [0.717, 1.165) is 13.2 Å². The zero-order chi connectivity index (χ0) is 11.1. The smallest absolute Gasteiger partial charge is 0.0662 e. The maximum absolute atomic E-state index is 7.62. The van der Waals surface area contributed by atoms with Crippen molar-refractivity contribution in [2.75, 3.05) is 26.4 Å². The van der Waals surface area contributed by atoms with E-state index >= 15 is 0 Å². The first-order valence-corrected chi connectivity index (χ1v) is 4.48. The Morgan fingerprint density at radius 3 is 1.31 bits per heavy atom. The number of ether oxygens (including phenoxy) is 1. The van der Waals surface area contributed by atoms with E-state index < -0.39 is 0 Å². The van der Waals surface area contributed by atoms with E-state index in [2.05, 4.69) is 6.58 Å². The van der Waals surface area contributed by atoms with Gasteiger partial charge in [-0.3, -0.25) is 0 Å². The summed E-state index contributed by atoms with van der Waals surface area (Å²) in [5.41, 5.74) is 1.17. The highest BCUT2D eigenvalue weighted by Crippen LogP contribution is 1.73. The van der Waals surface area contributed by atoms with Crippen molar-refractivity contribution < 1.29 is 14.9 Å². The molecule has 0 heterocycles. The van der Waals surface area contributed by atoms with Gasteiger partial charge in [-0.05, 0) is 27.7 Å². The normalized spacial score (nSPS) is 7.54. The predicted octanol–water partition coefficient (Wildman–Crippen LogP) is 1.60. The molecule has 0 spiro atoms. The van der Waals surface area contributed by atoms with Crippen molar-refractivity contribution in [3.05, 3.63) is 12.2 Å². The second kappa shape index (κ2) is 22.6. The van der Waals surface area contributed by atoms with Crippen LogP contribution in [0.5, 0.6) is 0 Å². The van der Waals surface area contributed by atoms with E-state index in [-0.39, 0.29) is 13.2 Å². The molecule has 0 radical (unpaired) electrons. The van der Waals surface area contributed by atoms with Crippen LogP contribution in [0.2, 0.25) is 0 Å². The Hall–Kier alpha value is -0.380. The first-order chi connectivity index (χ1) is 6.06. The Labute approximate surface area is 82.0 Å². The van der Waals surface area contributed by atoms with Crippen molar-refractivity contribution in [2.24, 2.45) is 0 Å².